The first-order chi connectivity index (χ1) is 11.5. The highest BCUT2D eigenvalue weighted by Crippen LogP contribution is 2.21. The van der Waals surface area contributed by atoms with Gasteiger partial charge in [-0.1, -0.05) is 0 Å². The zero-order valence-electron chi connectivity index (χ0n) is 12.9. The number of carbonyl (C=O) groups is 1. The summed E-state index contributed by atoms with van der Waals surface area (Å²) in [5.74, 6) is -0.0880. The second-order valence-electron chi connectivity index (χ2n) is 5.16. The number of quaternary nitrogens is 1. The van der Waals surface area contributed by atoms with Gasteiger partial charge in [0.15, 0.2) is 6.54 Å². The van der Waals surface area contributed by atoms with Gasteiger partial charge in [0.25, 0.3) is 5.91 Å². The van der Waals surface area contributed by atoms with Gasteiger partial charge in [-0.25, -0.2) is 0 Å². The van der Waals surface area contributed by atoms with Crippen molar-refractivity contribution in [2.24, 2.45) is 0 Å². The summed E-state index contributed by atoms with van der Waals surface area (Å²) in [6, 6.07) is 9.99. The fraction of sp³-hybridized carbons (Fsp3) is 0.250. The van der Waals surface area contributed by atoms with Crippen LogP contribution in [0.25, 0.3) is 0 Å². The molecule has 24 heavy (non-hydrogen) atoms. The first-order valence-electron chi connectivity index (χ1n) is 7.10. The Morgan fingerprint density at radius 1 is 1.38 bits per heavy atom. The zero-order chi connectivity index (χ0) is 17.5. The molecule has 126 valence electrons. The summed E-state index contributed by atoms with van der Waals surface area (Å²) in [5, 5.41) is 13.9. The molecule has 8 heteroatoms. The molecule has 1 aromatic heterocycles. The highest BCUT2D eigenvalue weighted by molar-refractivity contribution is 7.14. The number of ether oxygens (including phenoxy) is 1. The highest BCUT2D eigenvalue weighted by atomic mass is 32.1. The monoisotopic (exact) mass is 352 g/mol. The van der Waals surface area contributed by atoms with Gasteiger partial charge >= 0.3 is 6.61 Å². The summed E-state index contributed by atoms with van der Waals surface area (Å²) < 4.78 is 28.5. The number of halogens is 2. The Balaban J connectivity index is 1.85. The fourth-order valence-corrected chi connectivity index (χ4v) is 2.89. The minimum atomic E-state index is -2.84. The van der Waals surface area contributed by atoms with Crippen molar-refractivity contribution in [2.75, 3.05) is 18.9 Å². The van der Waals surface area contributed by atoms with E-state index in [1.807, 2.05) is 13.1 Å². The van der Waals surface area contributed by atoms with Crippen LogP contribution < -0.4 is 15.0 Å². The van der Waals surface area contributed by atoms with Crippen LogP contribution in [0.1, 0.15) is 11.1 Å². The van der Waals surface area contributed by atoms with Gasteiger partial charge in [-0.2, -0.15) is 14.0 Å². The van der Waals surface area contributed by atoms with Crippen molar-refractivity contribution in [3.8, 4) is 11.8 Å². The topological polar surface area (TPSA) is 66.6 Å². The number of hydrogen-bond donors (Lipinski definition) is 2. The summed E-state index contributed by atoms with van der Waals surface area (Å²) >= 11 is 1.30. The number of nitrogens with zero attached hydrogens (tertiary/aromatic N) is 1. The molecule has 0 aliphatic rings. The maximum absolute atomic E-state index is 12.1. The number of thiophene rings is 1. The van der Waals surface area contributed by atoms with Gasteiger partial charge in [0.2, 0.25) is 0 Å². The van der Waals surface area contributed by atoms with Gasteiger partial charge in [0.1, 0.15) is 23.4 Å². The number of alkyl halides is 2. The lowest BCUT2D eigenvalue weighted by Crippen LogP contribution is -3.08. The Hall–Kier alpha value is -2.50. The summed E-state index contributed by atoms with van der Waals surface area (Å²) in [6.45, 7) is -2.07. The van der Waals surface area contributed by atoms with Crippen molar-refractivity contribution in [1.82, 2.24) is 0 Å². The third-order valence-electron chi connectivity index (χ3n) is 3.16. The molecule has 0 spiro atoms. The van der Waals surface area contributed by atoms with Gasteiger partial charge in [-0.15, -0.1) is 11.3 Å². The Labute approximate surface area is 142 Å². The SMILES string of the molecule is C[NH+](CC(=O)Nc1sccc1C#N)Cc1ccc(OC(F)F)cc1. The molecule has 0 saturated carbocycles. The maximum atomic E-state index is 12.1. The average molecular weight is 352 g/mol. The summed E-state index contributed by atoms with van der Waals surface area (Å²) in [7, 11) is 1.85. The van der Waals surface area contributed by atoms with E-state index >= 15 is 0 Å². The van der Waals surface area contributed by atoms with E-state index in [0.29, 0.717) is 17.1 Å². The van der Waals surface area contributed by atoms with E-state index in [2.05, 4.69) is 10.1 Å². The van der Waals surface area contributed by atoms with E-state index in [4.69, 9.17) is 5.26 Å². The molecular formula is C16H16F2N3O2S+. The summed E-state index contributed by atoms with van der Waals surface area (Å²) in [6.07, 6.45) is 0. The zero-order valence-corrected chi connectivity index (χ0v) is 13.7. The van der Waals surface area contributed by atoms with Gasteiger partial charge < -0.3 is 15.0 Å². The van der Waals surface area contributed by atoms with Crippen molar-refractivity contribution < 1.29 is 23.2 Å². The van der Waals surface area contributed by atoms with E-state index in [0.717, 1.165) is 10.5 Å². The second kappa shape index (κ2) is 8.38. The number of rotatable bonds is 7. The number of nitriles is 1. The van der Waals surface area contributed by atoms with E-state index in [1.165, 1.54) is 23.5 Å². The summed E-state index contributed by atoms with van der Waals surface area (Å²) in [5.41, 5.74) is 1.34. The molecule has 0 aliphatic heterocycles. The quantitative estimate of drug-likeness (QED) is 0.800. The van der Waals surface area contributed by atoms with Gasteiger partial charge in [0, 0.05) is 5.56 Å². The molecule has 1 unspecified atom stereocenters. The minimum absolute atomic E-state index is 0.103. The molecule has 0 fully saturated rings. The van der Waals surface area contributed by atoms with Crippen LogP contribution in [0.5, 0.6) is 5.75 Å². The molecule has 1 atom stereocenters. The first-order valence-corrected chi connectivity index (χ1v) is 7.98. The molecular weight excluding hydrogens is 336 g/mol. The predicted molar refractivity (Wildman–Crippen MR) is 86.2 cm³/mol. The third-order valence-corrected chi connectivity index (χ3v) is 3.99. The molecule has 2 rings (SSSR count). The van der Waals surface area contributed by atoms with Gasteiger partial charge in [-0.3, -0.25) is 4.79 Å². The van der Waals surface area contributed by atoms with Crippen LogP contribution in [-0.2, 0) is 11.3 Å². The maximum Gasteiger partial charge on any atom is 0.387 e. The first kappa shape index (κ1) is 17.8. The van der Waals surface area contributed by atoms with E-state index in [-0.39, 0.29) is 18.2 Å². The standard InChI is InChI=1S/C16H15F2N3O2S/c1-21(9-11-2-4-13(5-3-11)23-16(17)18)10-14(22)20-15-12(8-19)6-7-24-15/h2-7,16H,9-10H2,1H3,(H,20,22)/p+1. The lowest BCUT2D eigenvalue weighted by atomic mass is 10.2. The van der Waals surface area contributed by atoms with Crippen LogP contribution >= 0.6 is 11.3 Å². The number of anilines is 1. The van der Waals surface area contributed by atoms with Gasteiger partial charge in [0.05, 0.1) is 12.6 Å². The van der Waals surface area contributed by atoms with Crippen LogP contribution in [0.15, 0.2) is 35.7 Å². The lowest BCUT2D eigenvalue weighted by Gasteiger charge is -2.14. The normalized spacial score (nSPS) is 11.8. The van der Waals surface area contributed by atoms with Crippen LogP contribution in [0, 0.1) is 11.3 Å². The van der Waals surface area contributed by atoms with Crippen LogP contribution in [0.4, 0.5) is 13.8 Å². The van der Waals surface area contributed by atoms with E-state index in [9.17, 15) is 13.6 Å². The van der Waals surface area contributed by atoms with Crippen molar-refractivity contribution >= 4 is 22.2 Å². The molecule has 0 radical (unpaired) electrons. The Morgan fingerprint density at radius 2 is 2.08 bits per heavy atom. The van der Waals surface area contributed by atoms with Crippen molar-refractivity contribution in [3.63, 3.8) is 0 Å². The minimum Gasteiger partial charge on any atom is -0.435 e. The Kier molecular flexibility index (Phi) is 6.23. The molecule has 2 N–H and O–H groups in total. The smallest absolute Gasteiger partial charge is 0.387 e. The predicted octanol–water partition coefficient (Wildman–Crippen LogP) is 1.87. The Bertz CT molecular complexity index is 726. The fourth-order valence-electron chi connectivity index (χ4n) is 2.14. The summed E-state index contributed by atoms with van der Waals surface area (Å²) in [4.78, 5) is 12.9. The molecule has 1 amide bonds. The van der Waals surface area contributed by atoms with Gasteiger partial charge in [-0.05, 0) is 35.7 Å². The third kappa shape index (κ3) is 5.30. The average Bonchev–Trinajstić information content (AvgIpc) is 2.95. The van der Waals surface area contributed by atoms with Crippen LogP contribution in [-0.4, -0.2) is 26.1 Å². The lowest BCUT2D eigenvalue weighted by molar-refractivity contribution is -0.885. The van der Waals surface area contributed by atoms with Crippen molar-refractivity contribution in [2.45, 2.75) is 13.2 Å². The van der Waals surface area contributed by atoms with Crippen molar-refractivity contribution in [3.05, 3.63) is 46.8 Å². The molecule has 1 aromatic carbocycles. The number of nitrogens with one attached hydrogen (secondary N) is 2. The number of likely N-dealkylation sites (N-methyl/N-ethyl adjacent to an activating group) is 1. The second-order valence-corrected chi connectivity index (χ2v) is 6.07. The number of hydrogen-bond acceptors (Lipinski definition) is 4. The molecule has 0 aliphatic carbocycles. The van der Waals surface area contributed by atoms with E-state index in [1.54, 1.807) is 23.6 Å². The molecule has 5 nitrogen and oxygen atoms in total. The Morgan fingerprint density at radius 3 is 2.71 bits per heavy atom. The van der Waals surface area contributed by atoms with Crippen molar-refractivity contribution in [1.29, 1.82) is 5.26 Å². The number of carbonyl (C=O) groups excluding carboxylic acids is 1. The highest BCUT2D eigenvalue weighted by Gasteiger charge is 2.13. The number of amides is 1. The van der Waals surface area contributed by atoms with E-state index < -0.39 is 6.61 Å². The molecule has 0 saturated heterocycles. The molecule has 1 heterocycles. The largest absolute Gasteiger partial charge is 0.435 e. The van der Waals surface area contributed by atoms with Crippen LogP contribution in [0.2, 0.25) is 0 Å². The molecule has 2 aromatic rings. The molecule has 0 bridgehead atoms. The number of benzene rings is 1. The van der Waals surface area contributed by atoms with Crippen LogP contribution in [0.3, 0.4) is 0 Å².